The lowest BCUT2D eigenvalue weighted by molar-refractivity contribution is 0.958. The second-order valence-electron chi connectivity index (χ2n) is 6.28. The average molecular weight is 337 g/mol. The first-order valence-electron chi connectivity index (χ1n) is 8.66. The Morgan fingerprint density at radius 3 is 2.08 bits per heavy atom. The molecule has 0 amide bonds. The summed E-state index contributed by atoms with van der Waals surface area (Å²) in [5, 5.41) is 0.738. The summed E-state index contributed by atoms with van der Waals surface area (Å²) in [6.07, 6.45) is 3.93. The number of aryl methyl sites for hydroxylation is 1. The Balaban J connectivity index is 2.02. The Hall–Kier alpha value is -3.39. The summed E-state index contributed by atoms with van der Waals surface area (Å²) in [4.78, 5) is 13.2. The van der Waals surface area contributed by atoms with Gasteiger partial charge in [-0.25, -0.2) is 0 Å². The maximum absolute atomic E-state index is 13.2. The van der Waals surface area contributed by atoms with E-state index in [0.29, 0.717) is 5.56 Å². The van der Waals surface area contributed by atoms with Gasteiger partial charge in [0.1, 0.15) is 0 Å². The van der Waals surface area contributed by atoms with Gasteiger partial charge in [-0.3, -0.25) is 4.79 Å². The highest BCUT2D eigenvalue weighted by Gasteiger charge is 2.14. The molecule has 0 unspecified atom stereocenters. The van der Waals surface area contributed by atoms with Crippen LogP contribution in [-0.2, 0) is 7.05 Å². The SMILES string of the molecule is Cn1c(-c2ccccc2)c(/C=C\c2ccccc2)c(=O)c2ccccc21. The predicted octanol–water partition coefficient (Wildman–Crippen LogP) is 5.38. The van der Waals surface area contributed by atoms with Gasteiger partial charge < -0.3 is 4.57 Å². The van der Waals surface area contributed by atoms with Gasteiger partial charge in [-0.05, 0) is 29.3 Å². The van der Waals surface area contributed by atoms with Gasteiger partial charge in [0.25, 0.3) is 0 Å². The molecule has 0 saturated heterocycles. The van der Waals surface area contributed by atoms with Gasteiger partial charge in [0.2, 0.25) is 0 Å². The van der Waals surface area contributed by atoms with Crippen LogP contribution < -0.4 is 5.43 Å². The van der Waals surface area contributed by atoms with Crippen LogP contribution in [0.25, 0.3) is 34.3 Å². The van der Waals surface area contributed by atoms with E-state index in [0.717, 1.165) is 27.7 Å². The molecule has 0 saturated carbocycles. The molecule has 3 aromatic carbocycles. The zero-order valence-electron chi connectivity index (χ0n) is 14.6. The van der Waals surface area contributed by atoms with E-state index in [1.165, 1.54) is 0 Å². The van der Waals surface area contributed by atoms with Crippen molar-refractivity contribution in [2.24, 2.45) is 7.05 Å². The van der Waals surface area contributed by atoms with Crippen molar-refractivity contribution < 1.29 is 0 Å². The maximum Gasteiger partial charge on any atom is 0.197 e. The molecule has 0 N–H and O–H groups in total. The minimum Gasteiger partial charge on any atom is -0.343 e. The van der Waals surface area contributed by atoms with E-state index in [9.17, 15) is 4.79 Å². The van der Waals surface area contributed by atoms with Gasteiger partial charge >= 0.3 is 0 Å². The summed E-state index contributed by atoms with van der Waals surface area (Å²) in [7, 11) is 2.02. The normalized spacial score (nSPS) is 11.3. The number of para-hydroxylation sites is 1. The molecule has 2 heteroatoms. The van der Waals surface area contributed by atoms with E-state index >= 15 is 0 Å². The fourth-order valence-corrected chi connectivity index (χ4v) is 3.36. The van der Waals surface area contributed by atoms with Crippen LogP contribution in [0, 0.1) is 0 Å². The fraction of sp³-hybridized carbons (Fsp3) is 0.0417. The topological polar surface area (TPSA) is 22.0 Å². The minimum absolute atomic E-state index is 0.0599. The van der Waals surface area contributed by atoms with Crippen LogP contribution in [0.1, 0.15) is 11.1 Å². The second kappa shape index (κ2) is 6.85. The number of rotatable bonds is 3. The van der Waals surface area contributed by atoms with Crippen molar-refractivity contribution in [3.05, 3.63) is 106 Å². The number of benzene rings is 3. The zero-order chi connectivity index (χ0) is 17.9. The lowest BCUT2D eigenvalue weighted by Gasteiger charge is -2.16. The Labute approximate surface area is 152 Å². The molecule has 1 aromatic heterocycles. The average Bonchev–Trinajstić information content (AvgIpc) is 2.71. The molecule has 26 heavy (non-hydrogen) atoms. The molecule has 0 aliphatic carbocycles. The molecule has 1 heterocycles. The number of aromatic nitrogens is 1. The number of pyridine rings is 1. The molecule has 0 fully saturated rings. The third-order valence-electron chi connectivity index (χ3n) is 4.63. The monoisotopic (exact) mass is 337 g/mol. The van der Waals surface area contributed by atoms with Crippen LogP contribution in [0.4, 0.5) is 0 Å². The van der Waals surface area contributed by atoms with E-state index in [1.807, 2.05) is 104 Å². The first kappa shape index (κ1) is 16.1. The van der Waals surface area contributed by atoms with E-state index in [4.69, 9.17) is 0 Å². The van der Waals surface area contributed by atoms with Crippen LogP contribution in [-0.4, -0.2) is 4.57 Å². The molecule has 0 bridgehead atoms. The van der Waals surface area contributed by atoms with Crippen molar-refractivity contribution in [2.45, 2.75) is 0 Å². The van der Waals surface area contributed by atoms with Crippen LogP contribution in [0.15, 0.2) is 89.7 Å². The second-order valence-corrected chi connectivity index (χ2v) is 6.28. The summed E-state index contributed by atoms with van der Waals surface area (Å²) in [5.41, 5.74) is 4.74. The molecule has 2 nitrogen and oxygen atoms in total. The van der Waals surface area contributed by atoms with Gasteiger partial charge in [0, 0.05) is 18.0 Å². The van der Waals surface area contributed by atoms with Gasteiger partial charge in [0.15, 0.2) is 5.43 Å². The van der Waals surface area contributed by atoms with Crippen LogP contribution in [0.2, 0.25) is 0 Å². The van der Waals surface area contributed by atoms with Gasteiger partial charge in [-0.1, -0.05) is 78.9 Å². The smallest absolute Gasteiger partial charge is 0.197 e. The summed E-state index contributed by atoms with van der Waals surface area (Å²) >= 11 is 0. The Morgan fingerprint density at radius 1 is 0.731 bits per heavy atom. The zero-order valence-corrected chi connectivity index (χ0v) is 14.6. The molecule has 0 aliphatic rings. The lowest BCUT2D eigenvalue weighted by Crippen LogP contribution is -2.14. The highest BCUT2D eigenvalue weighted by molar-refractivity contribution is 5.89. The van der Waals surface area contributed by atoms with Crippen molar-refractivity contribution in [3.63, 3.8) is 0 Å². The van der Waals surface area contributed by atoms with Gasteiger partial charge in [0.05, 0.1) is 11.2 Å². The largest absolute Gasteiger partial charge is 0.343 e. The summed E-state index contributed by atoms with van der Waals surface area (Å²) in [6.45, 7) is 0. The summed E-state index contributed by atoms with van der Waals surface area (Å²) < 4.78 is 2.11. The molecule has 4 rings (SSSR count). The molecule has 0 radical (unpaired) electrons. The Kier molecular flexibility index (Phi) is 4.24. The Bertz CT molecular complexity index is 1140. The minimum atomic E-state index is 0.0599. The fourth-order valence-electron chi connectivity index (χ4n) is 3.36. The number of fused-ring (bicyclic) bond motifs is 1. The predicted molar refractivity (Wildman–Crippen MR) is 110 cm³/mol. The van der Waals surface area contributed by atoms with Crippen molar-refractivity contribution in [2.75, 3.05) is 0 Å². The molecule has 0 atom stereocenters. The third kappa shape index (κ3) is 2.86. The van der Waals surface area contributed by atoms with Crippen LogP contribution in [0.3, 0.4) is 0 Å². The molecule has 4 aromatic rings. The number of nitrogens with zero attached hydrogens (tertiary/aromatic N) is 1. The van der Waals surface area contributed by atoms with E-state index in [-0.39, 0.29) is 5.43 Å². The number of hydrogen-bond acceptors (Lipinski definition) is 1. The van der Waals surface area contributed by atoms with Crippen molar-refractivity contribution in [1.29, 1.82) is 0 Å². The lowest BCUT2D eigenvalue weighted by atomic mass is 10.0. The summed E-state index contributed by atoms with van der Waals surface area (Å²) in [6, 6.07) is 27.9. The van der Waals surface area contributed by atoms with Gasteiger partial charge in [-0.2, -0.15) is 0 Å². The molecule has 0 spiro atoms. The highest BCUT2D eigenvalue weighted by Crippen LogP contribution is 2.26. The van der Waals surface area contributed by atoms with Gasteiger partial charge in [-0.15, -0.1) is 0 Å². The highest BCUT2D eigenvalue weighted by atomic mass is 16.1. The first-order chi connectivity index (χ1) is 12.8. The quantitative estimate of drug-likeness (QED) is 0.492. The third-order valence-corrected chi connectivity index (χ3v) is 4.63. The molecule has 0 aliphatic heterocycles. The van der Waals surface area contributed by atoms with Crippen molar-refractivity contribution >= 4 is 23.1 Å². The molecular formula is C24H19NO. The van der Waals surface area contributed by atoms with E-state index in [2.05, 4.69) is 4.57 Å². The first-order valence-corrected chi connectivity index (χ1v) is 8.66. The Morgan fingerprint density at radius 2 is 1.35 bits per heavy atom. The van der Waals surface area contributed by atoms with E-state index < -0.39 is 0 Å². The van der Waals surface area contributed by atoms with Crippen LogP contribution in [0.5, 0.6) is 0 Å². The van der Waals surface area contributed by atoms with E-state index in [1.54, 1.807) is 0 Å². The number of hydrogen-bond donors (Lipinski definition) is 0. The molecule has 126 valence electrons. The molecular weight excluding hydrogens is 318 g/mol. The van der Waals surface area contributed by atoms with Crippen LogP contribution >= 0.6 is 0 Å². The van der Waals surface area contributed by atoms with Crippen molar-refractivity contribution in [1.82, 2.24) is 4.57 Å². The van der Waals surface area contributed by atoms with Crippen molar-refractivity contribution in [3.8, 4) is 11.3 Å². The maximum atomic E-state index is 13.2. The summed E-state index contributed by atoms with van der Waals surface area (Å²) in [5.74, 6) is 0. The standard InChI is InChI=1S/C24H19NO/c1-25-22-15-9-8-14-20(22)24(26)21(17-16-18-10-4-2-5-11-18)23(25)19-12-6-3-7-13-19/h2-17H,1H3/b17-16-.